The largest absolute Gasteiger partial charge is 0.472 e. The van der Waals surface area contributed by atoms with Crippen molar-refractivity contribution in [3.05, 3.63) is 65.6 Å². The molecular formula is C17H20O. The monoisotopic (exact) mass is 240 g/mol. The Morgan fingerprint density at radius 2 is 1.83 bits per heavy atom. The molecule has 2 aromatic rings. The number of unbranched alkanes of at least 4 members (excludes halogenated alkanes) is 1. The van der Waals surface area contributed by atoms with Crippen LogP contribution < -0.4 is 0 Å². The van der Waals surface area contributed by atoms with Gasteiger partial charge in [-0.25, -0.2) is 0 Å². The van der Waals surface area contributed by atoms with Crippen molar-refractivity contribution in [2.24, 2.45) is 0 Å². The highest BCUT2D eigenvalue weighted by atomic mass is 16.3. The summed E-state index contributed by atoms with van der Waals surface area (Å²) in [6.07, 6.45) is 12.4. The highest BCUT2D eigenvalue weighted by Crippen LogP contribution is 2.10. The first-order valence-corrected chi connectivity index (χ1v) is 6.65. The van der Waals surface area contributed by atoms with E-state index in [1.807, 2.05) is 6.07 Å². The Balaban J connectivity index is 1.71. The molecule has 0 N–H and O–H groups in total. The van der Waals surface area contributed by atoms with Crippen LogP contribution in [-0.4, -0.2) is 0 Å². The van der Waals surface area contributed by atoms with E-state index in [1.54, 1.807) is 12.5 Å². The summed E-state index contributed by atoms with van der Waals surface area (Å²) in [5, 5.41) is 0. The van der Waals surface area contributed by atoms with Gasteiger partial charge in [-0.15, -0.1) is 0 Å². The number of allylic oxidation sites excluding steroid dienone is 1. The van der Waals surface area contributed by atoms with Gasteiger partial charge in [0.2, 0.25) is 0 Å². The first-order chi connectivity index (χ1) is 8.88. The Morgan fingerprint density at radius 3 is 2.50 bits per heavy atom. The Morgan fingerprint density at radius 1 is 1.06 bits per heavy atom. The maximum absolute atomic E-state index is 5.01. The lowest BCUT2D eigenvalue weighted by Crippen LogP contribution is -1.86. The topological polar surface area (TPSA) is 13.1 Å². The van der Waals surface area contributed by atoms with Crippen LogP contribution in [0.1, 0.15) is 36.5 Å². The zero-order chi connectivity index (χ0) is 12.6. The van der Waals surface area contributed by atoms with Crippen LogP contribution in [0.25, 0.3) is 6.08 Å². The number of aryl methyl sites for hydroxylation is 2. The molecule has 2 rings (SSSR count). The van der Waals surface area contributed by atoms with E-state index in [9.17, 15) is 0 Å². The third-order valence-corrected chi connectivity index (χ3v) is 3.12. The summed E-state index contributed by atoms with van der Waals surface area (Å²) in [6.45, 7) is 2.19. The SMILES string of the molecule is CCc1ccc(CCCC=Cc2ccoc2)cc1. The van der Waals surface area contributed by atoms with E-state index in [0.29, 0.717) is 0 Å². The van der Waals surface area contributed by atoms with Crippen LogP contribution in [-0.2, 0) is 12.8 Å². The van der Waals surface area contributed by atoms with Crippen molar-refractivity contribution < 1.29 is 4.42 Å². The zero-order valence-corrected chi connectivity index (χ0v) is 10.9. The summed E-state index contributed by atoms with van der Waals surface area (Å²) in [7, 11) is 0. The second-order valence-corrected chi connectivity index (χ2v) is 4.52. The summed E-state index contributed by atoms with van der Waals surface area (Å²) in [5.41, 5.74) is 3.99. The van der Waals surface area contributed by atoms with E-state index in [4.69, 9.17) is 4.42 Å². The van der Waals surface area contributed by atoms with E-state index in [2.05, 4.69) is 43.3 Å². The predicted octanol–water partition coefficient (Wildman–Crippen LogP) is 4.88. The Kier molecular flexibility index (Phi) is 4.83. The minimum atomic E-state index is 1.11. The lowest BCUT2D eigenvalue weighted by Gasteiger charge is -2.01. The smallest absolute Gasteiger partial charge is 0.0974 e. The Labute approximate surface area is 109 Å². The normalized spacial score (nSPS) is 11.2. The first kappa shape index (κ1) is 12.7. The Hall–Kier alpha value is -1.76. The van der Waals surface area contributed by atoms with Crippen LogP contribution in [0.15, 0.2) is 53.4 Å². The van der Waals surface area contributed by atoms with Crippen LogP contribution >= 0.6 is 0 Å². The van der Waals surface area contributed by atoms with Gasteiger partial charge in [0.1, 0.15) is 0 Å². The number of benzene rings is 1. The van der Waals surface area contributed by atoms with Crippen molar-refractivity contribution >= 4 is 6.08 Å². The minimum Gasteiger partial charge on any atom is -0.472 e. The van der Waals surface area contributed by atoms with Crippen molar-refractivity contribution in [3.8, 4) is 0 Å². The van der Waals surface area contributed by atoms with E-state index >= 15 is 0 Å². The number of hydrogen-bond acceptors (Lipinski definition) is 1. The zero-order valence-electron chi connectivity index (χ0n) is 10.9. The van der Waals surface area contributed by atoms with Gasteiger partial charge in [-0.2, -0.15) is 0 Å². The molecule has 0 radical (unpaired) electrons. The van der Waals surface area contributed by atoms with E-state index in [1.165, 1.54) is 17.5 Å². The van der Waals surface area contributed by atoms with Gasteiger partial charge in [-0.05, 0) is 42.9 Å². The second-order valence-electron chi connectivity index (χ2n) is 4.52. The van der Waals surface area contributed by atoms with Gasteiger partial charge in [0, 0.05) is 5.56 Å². The molecule has 0 atom stereocenters. The third kappa shape index (κ3) is 3.92. The molecule has 1 aromatic heterocycles. The molecule has 1 nitrogen and oxygen atoms in total. The molecule has 0 aliphatic carbocycles. The van der Waals surface area contributed by atoms with Gasteiger partial charge in [-0.1, -0.05) is 43.3 Å². The molecule has 0 unspecified atom stereocenters. The molecule has 1 aromatic carbocycles. The molecule has 0 saturated heterocycles. The fraction of sp³-hybridized carbons (Fsp3) is 0.294. The van der Waals surface area contributed by atoms with E-state index in [-0.39, 0.29) is 0 Å². The molecule has 0 amide bonds. The van der Waals surface area contributed by atoms with E-state index < -0.39 is 0 Å². The van der Waals surface area contributed by atoms with E-state index in [0.717, 1.165) is 24.8 Å². The molecule has 0 saturated carbocycles. The van der Waals surface area contributed by atoms with Gasteiger partial charge in [0.25, 0.3) is 0 Å². The van der Waals surface area contributed by atoms with Crippen molar-refractivity contribution in [3.63, 3.8) is 0 Å². The first-order valence-electron chi connectivity index (χ1n) is 6.65. The number of furan rings is 1. The van der Waals surface area contributed by atoms with Gasteiger partial charge in [0.05, 0.1) is 12.5 Å². The highest BCUT2D eigenvalue weighted by molar-refractivity contribution is 5.46. The van der Waals surface area contributed by atoms with Gasteiger partial charge in [-0.3, -0.25) is 0 Å². The molecule has 1 heterocycles. The van der Waals surface area contributed by atoms with Crippen LogP contribution in [0.5, 0.6) is 0 Å². The minimum absolute atomic E-state index is 1.11. The maximum atomic E-state index is 5.01. The van der Waals surface area contributed by atoms with Gasteiger partial charge >= 0.3 is 0 Å². The van der Waals surface area contributed by atoms with Crippen LogP contribution in [0, 0.1) is 0 Å². The molecule has 94 valence electrons. The van der Waals surface area contributed by atoms with Crippen molar-refractivity contribution in [2.45, 2.75) is 32.6 Å². The molecule has 0 aliphatic heterocycles. The molecular weight excluding hydrogens is 220 g/mol. The Bertz CT molecular complexity index is 463. The lowest BCUT2D eigenvalue weighted by molar-refractivity contribution is 0.567. The molecule has 0 aliphatic rings. The molecule has 1 heteroatoms. The summed E-state index contributed by atoms with van der Waals surface area (Å²) in [4.78, 5) is 0. The fourth-order valence-corrected chi connectivity index (χ4v) is 1.95. The summed E-state index contributed by atoms with van der Waals surface area (Å²) in [5.74, 6) is 0. The van der Waals surface area contributed by atoms with Crippen LogP contribution in [0.4, 0.5) is 0 Å². The second kappa shape index (κ2) is 6.85. The highest BCUT2D eigenvalue weighted by Gasteiger charge is 1.93. The summed E-state index contributed by atoms with van der Waals surface area (Å²) in [6, 6.07) is 10.9. The lowest BCUT2D eigenvalue weighted by atomic mass is 10.0. The van der Waals surface area contributed by atoms with Crippen molar-refractivity contribution in [2.75, 3.05) is 0 Å². The van der Waals surface area contributed by atoms with Crippen LogP contribution in [0.3, 0.4) is 0 Å². The number of hydrogen-bond donors (Lipinski definition) is 0. The van der Waals surface area contributed by atoms with Crippen LogP contribution in [0.2, 0.25) is 0 Å². The van der Waals surface area contributed by atoms with Gasteiger partial charge in [0.15, 0.2) is 0 Å². The quantitative estimate of drug-likeness (QED) is 0.656. The van der Waals surface area contributed by atoms with Crippen molar-refractivity contribution in [1.29, 1.82) is 0 Å². The summed E-state index contributed by atoms with van der Waals surface area (Å²) < 4.78 is 5.01. The molecule has 0 fully saturated rings. The standard InChI is InChI=1S/C17H20O/c1-2-15-8-10-16(11-9-15)6-4-3-5-7-17-12-13-18-14-17/h5,7-14H,2-4,6H2,1H3. The average Bonchev–Trinajstić information content (AvgIpc) is 2.92. The molecule has 0 spiro atoms. The predicted molar refractivity (Wildman–Crippen MR) is 76.5 cm³/mol. The van der Waals surface area contributed by atoms with Gasteiger partial charge < -0.3 is 4.42 Å². The molecule has 18 heavy (non-hydrogen) atoms. The maximum Gasteiger partial charge on any atom is 0.0974 e. The third-order valence-electron chi connectivity index (χ3n) is 3.12. The average molecular weight is 240 g/mol. The number of rotatable bonds is 6. The summed E-state index contributed by atoms with van der Waals surface area (Å²) >= 11 is 0. The van der Waals surface area contributed by atoms with Crippen molar-refractivity contribution in [1.82, 2.24) is 0 Å². The molecule has 0 bridgehead atoms. The fourth-order valence-electron chi connectivity index (χ4n) is 1.95.